The van der Waals surface area contributed by atoms with Crippen LogP contribution < -0.4 is 10.1 Å². The van der Waals surface area contributed by atoms with Crippen molar-refractivity contribution in [2.75, 3.05) is 11.9 Å². The molecule has 0 atom stereocenters. The van der Waals surface area contributed by atoms with E-state index < -0.39 is 0 Å². The lowest BCUT2D eigenvalue weighted by atomic mass is 10.3. The predicted molar refractivity (Wildman–Crippen MR) is 84.7 cm³/mol. The molecular formula is C15H12ClN5O2. The van der Waals surface area contributed by atoms with E-state index in [9.17, 15) is 4.79 Å². The van der Waals surface area contributed by atoms with Gasteiger partial charge in [-0.05, 0) is 18.2 Å². The zero-order valence-electron chi connectivity index (χ0n) is 11.9. The fourth-order valence-corrected chi connectivity index (χ4v) is 2.02. The molecule has 23 heavy (non-hydrogen) atoms. The summed E-state index contributed by atoms with van der Waals surface area (Å²) >= 11 is 5.96. The third-order valence-electron chi connectivity index (χ3n) is 2.85. The topological polar surface area (TPSA) is 81.9 Å². The summed E-state index contributed by atoms with van der Waals surface area (Å²) in [5.74, 6) is 1.00. The van der Waals surface area contributed by atoms with Gasteiger partial charge in [0.1, 0.15) is 17.9 Å². The molecule has 1 aromatic carbocycles. The van der Waals surface area contributed by atoms with Crippen LogP contribution in [0.4, 0.5) is 5.82 Å². The van der Waals surface area contributed by atoms with Gasteiger partial charge in [0.2, 0.25) is 0 Å². The van der Waals surface area contributed by atoms with Crippen molar-refractivity contribution < 1.29 is 9.53 Å². The van der Waals surface area contributed by atoms with Gasteiger partial charge in [0.15, 0.2) is 12.4 Å². The summed E-state index contributed by atoms with van der Waals surface area (Å²) in [6.45, 7) is -0.176. The van der Waals surface area contributed by atoms with E-state index in [1.807, 2.05) is 0 Å². The first kappa shape index (κ1) is 15.0. The Hall–Kier alpha value is -2.93. The molecule has 0 unspecified atom stereocenters. The third kappa shape index (κ3) is 3.83. The van der Waals surface area contributed by atoms with E-state index in [2.05, 4.69) is 20.4 Å². The highest BCUT2D eigenvalue weighted by Crippen LogP contribution is 2.22. The Labute approximate surface area is 136 Å². The van der Waals surface area contributed by atoms with E-state index >= 15 is 0 Å². The van der Waals surface area contributed by atoms with Crippen molar-refractivity contribution in [3.63, 3.8) is 0 Å². The van der Waals surface area contributed by atoms with E-state index in [4.69, 9.17) is 16.3 Å². The average Bonchev–Trinajstić information content (AvgIpc) is 3.09. The van der Waals surface area contributed by atoms with Crippen LogP contribution in [-0.4, -0.2) is 32.3 Å². The molecule has 2 heterocycles. The first-order valence-electron chi connectivity index (χ1n) is 6.71. The van der Waals surface area contributed by atoms with Gasteiger partial charge < -0.3 is 10.1 Å². The molecule has 0 saturated heterocycles. The number of carbonyl (C=O) groups excluding carboxylic acids is 1. The quantitative estimate of drug-likeness (QED) is 0.777. The van der Waals surface area contributed by atoms with Gasteiger partial charge in [-0.3, -0.25) is 4.79 Å². The minimum Gasteiger partial charge on any atom is -0.482 e. The number of nitrogens with zero attached hydrogens (tertiary/aromatic N) is 4. The van der Waals surface area contributed by atoms with E-state index in [0.29, 0.717) is 22.4 Å². The molecule has 0 fully saturated rings. The van der Waals surface area contributed by atoms with Crippen molar-refractivity contribution in [1.29, 1.82) is 0 Å². The molecule has 0 bridgehead atoms. The molecule has 1 amide bonds. The van der Waals surface area contributed by atoms with Crippen LogP contribution in [0.25, 0.3) is 5.82 Å². The lowest BCUT2D eigenvalue weighted by Gasteiger charge is -2.08. The molecule has 0 radical (unpaired) electrons. The maximum Gasteiger partial charge on any atom is 0.263 e. The van der Waals surface area contributed by atoms with Crippen LogP contribution in [-0.2, 0) is 4.79 Å². The molecule has 2 aromatic heterocycles. The molecule has 0 spiro atoms. The second kappa shape index (κ2) is 6.89. The molecule has 0 saturated carbocycles. The van der Waals surface area contributed by atoms with Crippen LogP contribution in [0.1, 0.15) is 0 Å². The van der Waals surface area contributed by atoms with Crippen molar-refractivity contribution in [3.05, 3.63) is 60.1 Å². The van der Waals surface area contributed by atoms with Gasteiger partial charge >= 0.3 is 0 Å². The second-order valence-electron chi connectivity index (χ2n) is 4.48. The Morgan fingerprint density at radius 3 is 2.91 bits per heavy atom. The van der Waals surface area contributed by atoms with Gasteiger partial charge in [-0.15, -0.1) is 0 Å². The number of benzene rings is 1. The summed E-state index contributed by atoms with van der Waals surface area (Å²) in [4.78, 5) is 20.0. The van der Waals surface area contributed by atoms with E-state index in [-0.39, 0.29) is 12.5 Å². The molecule has 116 valence electrons. The Morgan fingerprint density at radius 2 is 2.13 bits per heavy atom. The van der Waals surface area contributed by atoms with Crippen LogP contribution in [0.3, 0.4) is 0 Å². The smallest absolute Gasteiger partial charge is 0.263 e. The summed E-state index contributed by atoms with van der Waals surface area (Å²) in [5, 5.41) is 7.15. The van der Waals surface area contributed by atoms with Gasteiger partial charge in [0.25, 0.3) is 5.91 Å². The molecular weight excluding hydrogens is 318 g/mol. The summed E-state index contributed by atoms with van der Waals surface area (Å²) in [5.41, 5.74) is 0. The summed E-state index contributed by atoms with van der Waals surface area (Å²) < 4.78 is 6.94. The maximum atomic E-state index is 11.9. The molecule has 3 rings (SSSR count). The van der Waals surface area contributed by atoms with Gasteiger partial charge in [-0.2, -0.15) is 5.10 Å². The standard InChI is InChI=1S/C15H12ClN5O2/c16-11-4-1-2-5-12(11)23-9-15(22)20-13-8-14(18-10-17-13)21-7-3-6-19-21/h1-8,10H,9H2,(H,17,18,20,22). The minimum atomic E-state index is -0.352. The zero-order valence-corrected chi connectivity index (χ0v) is 12.6. The first-order chi connectivity index (χ1) is 11.2. The van der Waals surface area contributed by atoms with Crippen LogP contribution in [0.2, 0.25) is 5.02 Å². The van der Waals surface area contributed by atoms with Crippen molar-refractivity contribution >= 4 is 23.3 Å². The van der Waals surface area contributed by atoms with Crippen molar-refractivity contribution in [1.82, 2.24) is 19.7 Å². The number of aromatic nitrogens is 4. The molecule has 3 aromatic rings. The largest absolute Gasteiger partial charge is 0.482 e. The molecule has 0 aliphatic carbocycles. The van der Waals surface area contributed by atoms with Crippen LogP contribution in [0.15, 0.2) is 55.1 Å². The Bertz CT molecular complexity index is 807. The minimum absolute atomic E-state index is 0.176. The summed E-state index contributed by atoms with van der Waals surface area (Å²) in [6, 6.07) is 10.3. The van der Waals surface area contributed by atoms with Gasteiger partial charge in [-0.1, -0.05) is 23.7 Å². The maximum absolute atomic E-state index is 11.9. The van der Waals surface area contributed by atoms with Crippen LogP contribution in [0.5, 0.6) is 5.75 Å². The molecule has 0 aliphatic rings. The number of hydrogen-bond acceptors (Lipinski definition) is 5. The molecule has 8 heteroatoms. The highest BCUT2D eigenvalue weighted by Gasteiger charge is 2.08. The fourth-order valence-electron chi connectivity index (χ4n) is 1.83. The lowest BCUT2D eigenvalue weighted by molar-refractivity contribution is -0.118. The SMILES string of the molecule is O=C(COc1ccccc1Cl)Nc1cc(-n2cccn2)ncn1. The van der Waals surface area contributed by atoms with Gasteiger partial charge in [-0.25, -0.2) is 14.6 Å². The van der Waals surface area contributed by atoms with Gasteiger partial charge in [0, 0.05) is 18.5 Å². The number of rotatable bonds is 5. The Kier molecular flexibility index (Phi) is 4.49. The molecule has 1 N–H and O–H groups in total. The summed E-state index contributed by atoms with van der Waals surface area (Å²) in [6.07, 6.45) is 4.73. The first-order valence-corrected chi connectivity index (χ1v) is 7.09. The van der Waals surface area contributed by atoms with E-state index in [0.717, 1.165) is 0 Å². The molecule has 0 aliphatic heterocycles. The highest BCUT2D eigenvalue weighted by molar-refractivity contribution is 6.32. The van der Waals surface area contributed by atoms with Crippen molar-refractivity contribution in [2.45, 2.75) is 0 Å². The monoisotopic (exact) mass is 329 g/mol. The summed E-state index contributed by atoms with van der Waals surface area (Å²) in [7, 11) is 0. The third-order valence-corrected chi connectivity index (χ3v) is 3.17. The average molecular weight is 330 g/mol. The number of hydrogen-bond donors (Lipinski definition) is 1. The number of nitrogens with one attached hydrogen (secondary N) is 1. The number of carbonyl (C=O) groups is 1. The Balaban J connectivity index is 1.62. The second-order valence-corrected chi connectivity index (χ2v) is 4.89. The number of amides is 1. The van der Waals surface area contributed by atoms with Crippen molar-refractivity contribution in [2.24, 2.45) is 0 Å². The fraction of sp³-hybridized carbons (Fsp3) is 0.0667. The predicted octanol–water partition coefficient (Wildman–Crippen LogP) is 2.33. The normalized spacial score (nSPS) is 10.3. The van der Waals surface area contributed by atoms with Crippen LogP contribution >= 0.6 is 11.6 Å². The highest BCUT2D eigenvalue weighted by atomic mass is 35.5. The molecule has 7 nitrogen and oxygen atoms in total. The number of halogens is 1. The van der Waals surface area contributed by atoms with Crippen molar-refractivity contribution in [3.8, 4) is 11.6 Å². The Morgan fingerprint density at radius 1 is 1.26 bits per heavy atom. The van der Waals surface area contributed by atoms with Crippen LogP contribution in [0, 0.1) is 0 Å². The lowest BCUT2D eigenvalue weighted by Crippen LogP contribution is -2.21. The van der Waals surface area contributed by atoms with Gasteiger partial charge in [0.05, 0.1) is 5.02 Å². The van der Waals surface area contributed by atoms with E-state index in [1.54, 1.807) is 53.5 Å². The number of anilines is 1. The number of para-hydroxylation sites is 1. The van der Waals surface area contributed by atoms with E-state index in [1.165, 1.54) is 6.33 Å². The zero-order chi connectivity index (χ0) is 16.1. The number of ether oxygens (including phenoxy) is 1.